The van der Waals surface area contributed by atoms with Gasteiger partial charge < -0.3 is 0 Å². The standard InChI is InChI=1S/C10H15BrN2/c1-7(5-11)8-6-12-13-9(8)10(2,3)4/h6H,1,5H2,2-4H3,(H,12,13). The molecule has 0 amide bonds. The van der Waals surface area contributed by atoms with Crippen LogP contribution < -0.4 is 0 Å². The van der Waals surface area contributed by atoms with Crippen LogP contribution in [0.25, 0.3) is 5.57 Å². The lowest BCUT2D eigenvalue weighted by molar-refractivity contribution is 0.565. The highest BCUT2D eigenvalue weighted by Crippen LogP contribution is 2.27. The minimum atomic E-state index is 0.0942. The summed E-state index contributed by atoms with van der Waals surface area (Å²) >= 11 is 3.40. The van der Waals surface area contributed by atoms with Crippen molar-refractivity contribution in [2.75, 3.05) is 5.33 Å². The van der Waals surface area contributed by atoms with E-state index in [-0.39, 0.29) is 5.41 Å². The van der Waals surface area contributed by atoms with Crippen LogP contribution in [0.1, 0.15) is 32.0 Å². The molecular formula is C10H15BrN2. The molecule has 0 bridgehead atoms. The maximum atomic E-state index is 4.05. The van der Waals surface area contributed by atoms with Crippen molar-refractivity contribution >= 4 is 21.5 Å². The molecule has 3 heteroatoms. The number of aromatic amines is 1. The molecular weight excluding hydrogens is 228 g/mol. The van der Waals surface area contributed by atoms with Crippen molar-refractivity contribution in [3.63, 3.8) is 0 Å². The average molecular weight is 243 g/mol. The van der Waals surface area contributed by atoms with Gasteiger partial charge in [0.25, 0.3) is 0 Å². The average Bonchev–Trinajstić information content (AvgIpc) is 2.49. The van der Waals surface area contributed by atoms with E-state index in [1.807, 2.05) is 6.20 Å². The quantitative estimate of drug-likeness (QED) is 0.794. The molecule has 0 unspecified atom stereocenters. The molecule has 0 aromatic carbocycles. The lowest BCUT2D eigenvalue weighted by Gasteiger charge is -2.18. The zero-order valence-corrected chi connectivity index (χ0v) is 9.90. The van der Waals surface area contributed by atoms with Gasteiger partial charge in [0, 0.05) is 22.0 Å². The Labute approximate surface area is 87.6 Å². The Morgan fingerprint density at radius 3 is 2.69 bits per heavy atom. The third kappa shape index (κ3) is 2.21. The van der Waals surface area contributed by atoms with Crippen LogP contribution in [0.4, 0.5) is 0 Å². The summed E-state index contributed by atoms with van der Waals surface area (Å²) in [6, 6.07) is 0. The van der Waals surface area contributed by atoms with Crippen molar-refractivity contribution in [1.82, 2.24) is 10.2 Å². The van der Waals surface area contributed by atoms with Gasteiger partial charge in [-0.1, -0.05) is 43.3 Å². The van der Waals surface area contributed by atoms with Crippen LogP contribution in [0.15, 0.2) is 12.8 Å². The number of nitrogens with zero attached hydrogens (tertiary/aromatic N) is 1. The highest BCUT2D eigenvalue weighted by molar-refractivity contribution is 9.09. The maximum absolute atomic E-state index is 4.05. The summed E-state index contributed by atoms with van der Waals surface area (Å²) in [7, 11) is 0. The van der Waals surface area contributed by atoms with Gasteiger partial charge in [0.2, 0.25) is 0 Å². The maximum Gasteiger partial charge on any atom is 0.0565 e. The van der Waals surface area contributed by atoms with Crippen molar-refractivity contribution in [3.05, 3.63) is 24.0 Å². The largest absolute Gasteiger partial charge is 0.281 e. The van der Waals surface area contributed by atoms with Gasteiger partial charge in [-0.05, 0) is 5.57 Å². The summed E-state index contributed by atoms with van der Waals surface area (Å²) in [6.07, 6.45) is 1.84. The molecule has 0 radical (unpaired) electrons. The van der Waals surface area contributed by atoms with Gasteiger partial charge in [0.15, 0.2) is 0 Å². The first kappa shape index (κ1) is 10.5. The number of hydrogen-bond donors (Lipinski definition) is 1. The molecule has 0 fully saturated rings. The van der Waals surface area contributed by atoms with Crippen LogP contribution >= 0.6 is 15.9 Å². The van der Waals surface area contributed by atoms with Crippen molar-refractivity contribution in [3.8, 4) is 0 Å². The monoisotopic (exact) mass is 242 g/mol. The third-order valence-electron chi connectivity index (χ3n) is 1.93. The fraction of sp³-hybridized carbons (Fsp3) is 0.500. The molecule has 1 rings (SSSR count). The topological polar surface area (TPSA) is 28.7 Å². The van der Waals surface area contributed by atoms with Crippen LogP contribution in [0.5, 0.6) is 0 Å². The van der Waals surface area contributed by atoms with Crippen LogP contribution in [-0.4, -0.2) is 15.5 Å². The molecule has 0 saturated carbocycles. The summed E-state index contributed by atoms with van der Waals surface area (Å²) in [6.45, 7) is 10.5. The smallest absolute Gasteiger partial charge is 0.0565 e. The molecule has 1 N–H and O–H groups in total. The number of rotatable bonds is 2. The van der Waals surface area contributed by atoms with Gasteiger partial charge in [-0.25, -0.2) is 0 Å². The van der Waals surface area contributed by atoms with Gasteiger partial charge in [-0.15, -0.1) is 0 Å². The SMILES string of the molecule is C=C(CBr)c1cn[nH]c1C(C)(C)C. The zero-order chi connectivity index (χ0) is 10.1. The van der Waals surface area contributed by atoms with Crippen LogP contribution in [0.2, 0.25) is 0 Å². The van der Waals surface area contributed by atoms with E-state index in [4.69, 9.17) is 0 Å². The minimum absolute atomic E-state index is 0.0942. The van der Waals surface area contributed by atoms with E-state index in [1.165, 1.54) is 0 Å². The molecule has 72 valence electrons. The summed E-state index contributed by atoms with van der Waals surface area (Å²) in [5, 5.41) is 7.87. The summed E-state index contributed by atoms with van der Waals surface area (Å²) in [5.74, 6) is 0. The number of allylic oxidation sites excluding steroid dienone is 1. The molecule has 1 aromatic rings. The van der Waals surface area contributed by atoms with Crippen molar-refractivity contribution in [2.45, 2.75) is 26.2 Å². The highest BCUT2D eigenvalue weighted by atomic mass is 79.9. The Morgan fingerprint density at radius 2 is 2.23 bits per heavy atom. The third-order valence-corrected chi connectivity index (χ3v) is 2.61. The number of hydrogen-bond acceptors (Lipinski definition) is 1. The fourth-order valence-corrected chi connectivity index (χ4v) is 1.50. The Hall–Kier alpha value is -0.570. The molecule has 0 saturated heterocycles. The van der Waals surface area contributed by atoms with E-state index in [0.29, 0.717) is 0 Å². The second kappa shape index (κ2) is 3.66. The van der Waals surface area contributed by atoms with Gasteiger partial charge in [-0.2, -0.15) is 5.10 Å². The number of aromatic nitrogens is 2. The summed E-state index contributed by atoms with van der Waals surface area (Å²) in [4.78, 5) is 0. The second-order valence-corrected chi connectivity index (χ2v) is 4.71. The normalized spacial score (nSPS) is 11.7. The first-order valence-electron chi connectivity index (χ1n) is 4.24. The summed E-state index contributed by atoms with van der Waals surface area (Å²) in [5.41, 5.74) is 3.44. The zero-order valence-electron chi connectivity index (χ0n) is 8.32. The lowest BCUT2D eigenvalue weighted by atomic mass is 9.88. The van der Waals surface area contributed by atoms with Crippen molar-refractivity contribution in [2.24, 2.45) is 0 Å². The fourth-order valence-electron chi connectivity index (χ4n) is 1.20. The Balaban J connectivity index is 3.10. The van der Waals surface area contributed by atoms with Gasteiger partial charge in [0.05, 0.1) is 6.20 Å². The van der Waals surface area contributed by atoms with E-state index < -0.39 is 0 Å². The number of alkyl halides is 1. The minimum Gasteiger partial charge on any atom is -0.281 e. The Kier molecular flexibility index (Phi) is 2.96. The lowest BCUT2D eigenvalue weighted by Crippen LogP contribution is -2.14. The molecule has 13 heavy (non-hydrogen) atoms. The predicted molar refractivity (Wildman–Crippen MR) is 60.1 cm³/mol. The molecule has 0 atom stereocenters. The second-order valence-electron chi connectivity index (χ2n) is 4.15. The molecule has 0 aliphatic carbocycles. The van der Waals surface area contributed by atoms with E-state index in [2.05, 4.69) is 53.5 Å². The highest BCUT2D eigenvalue weighted by Gasteiger charge is 2.20. The van der Waals surface area contributed by atoms with Crippen LogP contribution in [0.3, 0.4) is 0 Å². The number of nitrogens with one attached hydrogen (secondary N) is 1. The molecule has 2 nitrogen and oxygen atoms in total. The molecule has 0 aliphatic heterocycles. The summed E-state index contributed by atoms with van der Waals surface area (Å²) < 4.78 is 0. The van der Waals surface area contributed by atoms with Crippen molar-refractivity contribution in [1.29, 1.82) is 0 Å². The van der Waals surface area contributed by atoms with Gasteiger partial charge >= 0.3 is 0 Å². The van der Waals surface area contributed by atoms with Crippen LogP contribution in [-0.2, 0) is 5.41 Å². The van der Waals surface area contributed by atoms with E-state index in [1.54, 1.807) is 0 Å². The molecule has 0 aliphatic rings. The van der Waals surface area contributed by atoms with E-state index in [0.717, 1.165) is 22.2 Å². The molecule has 1 aromatic heterocycles. The molecule has 1 heterocycles. The van der Waals surface area contributed by atoms with E-state index >= 15 is 0 Å². The predicted octanol–water partition coefficient (Wildman–Crippen LogP) is 3.12. The van der Waals surface area contributed by atoms with Crippen LogP contribution in [0, 0.1) is 0 Å². The number of halogens is 1. The Bertz CT molecular complexity index is 307. The molecule has 0 spiro atoms. The van der Waals surface area contributed by atoms with Gasteiger partial charge in [0.1, 0.15) is 0 Å². The van der Waals surface area contributed by atoms with Crippen molar-refractivity contribution < 1.29 is 0 Å². The Morgan fingerprint density at radius 1 is 1.62 bits per heavy atom. The number of H-pyrrole nitrogens is 1. The van der Waals surface area contributed by atoms with Gasteiger partial charge in [-0.3, -0.25) is 5.10 Å². The first-order valence-corrected chi connectivity index (χ1v) is 5.37. The first-order chi connectivity index (χ1) is 5.96. The van der Waals surface area contributed by atoms with E-state index in [9.17, 15) is 0 Å².